The van der Waals surface area contributed by atoms with E-state index in [0.717, 1.165) is 0 Å². The summed E-state index contributed by atoms with van der Waals surface area (Å²) >= 11 is 0. The third-order valence-corrected chi connectivity index (χ3v) is 4.55. The van der Waals surface area contributed by atoms with E-state index in [-0.39, 0.29) is 5.78 Å². The summed E-state index contributed by atoms with van der Waals surface area (Å²) in [6, 6.07) is 7.73. The van der Waals surface area contributed by atoms with Gasteiger partial charge in [0.25, 0.3) is 0 Å². The zero-order chi connectivity index (χ0) is 21.1. The zero-order valence-corrected chi connectivity index (χ0v) is 15.1. The van der Waals surface area contributed by atoms with Gasteiger partial charge in [-0.1, -0.05) is 12.1 Å². The van der Waals surface area contributed by atoms with Crippen LogP contribution in [0.15, 0.2) is 47.5 Å². The second-order valence-electron chi connectivity index (χ2n) is 6.53. The topological polar surface area (TPSA) is 144 Å². The van der Waals surface area contributed by atoms with Gasteiger partial charge in [-0.3, -0.25) is 25.0 Å². The van der Waals surface area contributed by atoms with E-state index < -0.39 is 32.7 Å². The molecule has 29 heavy (non-hydrogen) atoms. The van der Waals surface area contributed by atoms with Crippen LogP contribution in [0.3, 0.4) is 0 Å². The molecule has 0 atom stereocenters. The quantitative estimate of drug-likeness (QED) is 0.449. The summed E-state index contributed by atoms with van der Waals surface area (Å²) in [6.45, 7) is 0. The van der Waals surface area contributed by atoms with Crippen LogP contribution in [0.5, 0.6) is 11.5 Å². The first-order chi connectivity index (χ1) is 13.8. The van der Waals surface area contributed by atoms with Crippen molar-refractivity contribution in [2.75, 3.05) is 0 Å². The predicted octanol–water partition coefficient (Wildman–Crippen LogP) is 4.13. The van der Waals surface area contributed by atoms with Crippen molar-refractivity contribution in [1.29, 1.82) is 0 Å². The highest BCUT2D eigenvalue weighted by Crippen LogP contribution is 2.32. The molecule has 0 saturated heterocycles. The van der Waals surface area contributed by atoms with Crippen LogP contribution in [0.25, 0.3) is 12.2 Å². The standard InChI is InChI=1S/C20H16N2O7/c23-18-6-4-12(10-16(18)21(26)27)8-14-2-1-3-15(20(14)25)9-13-5-7-19(24)17(11-13)22(28)29/h4-11,23-24H,1-3H2. The van der Waals surface area contributed by atoms with Crippen molar-refractivity contribution in [3.63, 3.8) is 0 Å². The molecule has 0 unspecified atom stereocenters. The van der Waals surface area contributed by atoms with E-state index in [4.69, 9.17) is 0 Å². The lowest BCUT2D eigenvalue weighted by molar-refractivity contribution is -0.386. The van der Waals surface area contributed by atoms with Gasteiger partial charge in [0.2, 0.25) is 0 Å². The summed E-state index contributed by atoms with van der Waals surface area (Å²) in [6.07, 6.45) is 4.73. The SMILES string of the molecule is O=C1C(=Cc2ccc(O)c([N+](=O)[O-])c2)CCCC1=Cc1ccc(O)c([N+](=O)[O-])c1. The second-order valence-corrected chi connectivity index (χ2v) is 6.53. The molecular weight excluding hydrogens is 380 g/mol. The number of nitro benzene ring substituents is 2. The number of hydrogen-bond donors (Lipinski definition) is 2. The molecule has 0 aliphatic heterocycles. The summed E-state index contributed by atoms with van der Waals surface area (Å²) in [7, 11) is 0. The van der Waals surface area contributed by atoms with Crippen LogP contribution in [-0.2, 0) is 4.79 Å². The minimum Gasteiger partial charge on any atom is -0.502 e. The molecule has 2 aromatic rings. The number of rotatable bonds is 4. The van der Waals surface area contributed by atoms with Crippen molar-refractivity contribution in [2.45, 2.75) is 19.3 Å². The van der Waals surface area contributed by atoms with Gasteiger partial charge >= 0.3 is 11.4 Å². The zero-order valence-electron chi connectivity index (χ0n) is 15.1. The fourth-order valence-corrected chi connectivity index (χ4v) is 3.13. The molecule has 1 aliphatic carbocycles. The number of nitro groups is 2. The molecule has 1 fully saturated rings. The number of phenols is 2. The molecule has 0 aromatic heterocycles. The minimum absolute atomic E-state index is 0.247. The van der Waals surface area contributed by atoms with Crippen LogP contribution in [0.4, 0.5) is 11.4 Å². The van der Waals surface area contributed by atoms with Crippen LogP contribution in [-0.4, -0.2) is 25.8 Å². The summed E-state index contributed by atoms with van der Waals surface area (Å²) in [5, 5.41) is 41.0. The van der Waals surface area contributed by atoms with E-state index in [1.54, 1.807) is 12.2 Å². The first-order valence-corrected chi connectivity index (χ1v) is 8.67. The molecule has 0 amide bonds. The van der Waals surface area contributed by atoms with E-state index in [1.807, 2.05) is 0 Å². The minimum atomic E-state index is -0.705. The van der Waals surface area contributed by atoms with Crippen molar-refractivity contribution >= 4 is 29.3 Å². The van der Waals surface area contributed by atoms with Crippen molar-refractivity contribution in [2.24, 2.45) is 0 Å². The van der Waals surface area contributed by atoms with E-state index in [0.29, 0.717) is 41.5 Å². The number of ketones is 1. The maximum Gasteiger partial charge on any atom is 0.311 e. The fraction of sp³-hybridized carbons (Fsp3) is 0.150. The Bertz CT molecular complexity index is 1000. The normalized spacial score (nSPS) is 16.9. The van der Waals surface area contributed by atoms with E-state index in [9.17, 15) is 35.2 Å². The Kier molecular flexibility index (Phi) is 5.40. The number of hydrogen-bond acceptors (Lipinski definition) is 7. The number of carbonyl (C=O) groups is 1. The number of benzene rings is 2. The fourth-order valence-electron chi connectivity index (χ4n) is 3.13. The maximum absolute atomic E-state index is 12.8. The molecule has 9 nitrogen and oxygen atoms in total. The van der Waals surface area contributed by atoms with Gasteiger partial charge in [0.15, 0.2) is 17.3 Å². The van der Waals surface area contributed by atoms with Crippen LogP contribution in [0.2, 0.25) is 0 Å². The smallest absolute Gasteiger partial charge is 0.311 e. The van der Waals surface area contributed by atoms with Gasteiger partial charge in [0.1, 0.15) is 0 Å². The molecule has 2 aromatic carbocycles. The summed E-state index contributed by atoms with van der Waals surface area (Å²) < 4.78 is 0. The number of allylic oxidation sites excluding steroid dienone is 2. The number of Topliss-reactive ketones (excluding diaryl/α,β-unsaturated/α-hetero) is 1. The average Bonchev–Trinajstić information content (AvgIpc) is 2.67. The summed E-state index contributed by atoms with van der Waals surface area (Å²) in [4.78, 5) is 33.3. The van der Waals surface area contributed by atoms with Crippen molar-refractivity contribution in [3.8, 4) is 11.5 Å². The molecule has 148 valence electrons. The van der Waals surface area contributed by atoms with Crippen LogP contribution < -0.4 is 0 Å². The van der Waals surface area contributed by atoms with Gasteiger partial charge in [-0.05, 0) is 54.7 Å². The highest BCUT2D eigenvalue weighted by molar-refractivity contribution is 6.14. The molecule has 0 bridgehead atoms. The van der Waals surface area contributed by atoms with E-state index in [1.165, 1.54) is 36.4 Å². The van der Waals surface area contributed by atoms with Gasteiger partial charge in [-0.2, -0.15) is 0 Å². The molecular formula is C20H16N2O7. The Labute approximate surface area is 164 Å². The molecule has 1 aliphatic rings. The van der Waals surface area contributed by atoms with Crippen molar-refractivity contribution in [3.05, 3.63) is 78.9 Å². The Balaban J connectivity index is 1.93. The molecule has 9 heteroatoms. The van der Waals surface area contributed by atoms with Gasteiger partial charge in [0, 0.05) is 23.3 Å². The van der Waals surface area contributed by atoms with Crippen LogP contribution >= 0.6 is 0 Å². The summed E-state index contributed by atoms with van der Waals surface area (Å²) in [5.41, 5.74) is 0.842. The highest BCUT2D eigenvalue weighted by Gasteiger charge is 2.22. The van der Waals surface area contributed by atoms with E-state index in [2.05, 4.69) is 0 Å². The Morgan fingerprint density at radius 1 is 0.793 bits per heavy atom. The highest BCUT2D eigenvalue weighted by atomic mass is 16.6. The van der Waals surface area contributed by atoms with Crippen molar-refractivity contribution < 1.29 is 24.9 Å². The van der Waals surface area contributed by atoms with Gasteiger partial charge in [0.05, 0.1) is 9.85 Å². The average molecular weight is 396 g/mol. The lowest BCUT2D eigenvalue weighted by atomic mass is 9.86. The number of carbonyl (C=O) groups excluding carboxylic acids is 1. The first kappa shape index (κ1) is 19.7. The number of aromatic hydroxyl groups is 2. The third kappa shape index (κ3) is 4.29. The summed E-state index contributed by atoms with van der Waals surface area (Å²) in [5.74, 6) is -1.16. The number of phenolic OH excluding ortho intramolecular Hbond substituents is 2. The molecule has 1 saturated carbocycles. The van der Waals surface area contributed by atoms with Gasteiger partial charge in [-0.25, -0.2) is 0 Å². The Hall–Kier alpha value is -4.01. The van der Waals surface area contributed by atoms with Crippen LogP contribution in [0, 0.1) is 20.2 Å². The van der Waals surface area contributed by atoms with Gasteiger partial charge < -0.3 is 10.2 Å². The Morgan fingerprint density at radius 2 is 1.21 bits per heavy atom. The van der Waals surface area contributed by atoms with E-state index >= 15 is 0 Å². The largest absolute Gasteiger partial charge is 0.502 e. The third-order valence-electron chi connectivity index (χ3n) is 4.55. The number of nitrogens with zero attached hydrogens (tertiary/aromatic N) is 2. The van der Waals surface area contributed by atoms with Gasteiger partial charge in [-0.15, -0.1) is 0 Å². The van der Waals surface area contributed by atoms with Crippen molar-refractivity contribution in [1.82, 2.24) is 0 Å². The first-order valence-electron chi connectivity index (χ1n) is 8.67. The molecule has 0 heterocycles. The molecule has 2 N–H and O–H groups in total. The molecule has 0 radical (unpaired) electrons. The molecule has 0 spiro atoms. The molecule has 3 rings (SSSR count). The van der Waals surface area contributed by atoms with Crippen LogP contribution in [0.1, 0.15) is 30.4 Å². The predicted molar refractivity (Wildman–Crippen MR) is 104 cm³/mol. The maximum atomic E-state index is 12.8. The lowest BCUT2D eigenvalue weighted by Crippen LogP contribution is -2.12. The lowest BCUT2D eigenvalue weighted by Gasteiger charge is -2.16. The second kappa shape index (κ2) is 7.93. The monoisotopic (exact) mass is 396 g/mol. The Morgan fingerprint density at radius 3 is 1.59 bits per heavy atom.